The summed E-state index contributed by atoms with van der Waals surface area (Å²) < 4.78 is 3.26. The molecule has 0 fully saturated rings. The lowest BCUT2D eigenvalue weighted by Crippen LogP contribution is -2.23. The molecule has 1 rings (SSSR count). The Bertz CT molecular complexity index is 269. The van der Waals surface area contributed by atoms with Gasteiger partial charge in [-0.1, -0.05) is 0 Å². The van der Waals surface area contributed by atoms with Crippen LogP contribution in [0.1, 0.15) is 19.9 Å². The summed E-state index contributed by atoms with van der Waals surface area (Å²) in [5, 5.41) is 0. The summed E-state index contributed by atoms with van der Waals surface area (Å²) in [6.45, 7) is 3.98. The van der Waals surface area contributed by atoms with E-state index in [4.69, 9.17) is 0 Å². The summed E-state index contributed by atoms with van der Waals surface area (Å²) in [5.41, 5.74) is 0.0509. The molecule has 0 aliphatic rings. The summed E-state index contributed by atoms with van der Waals surface area (Å²) in [4.78, 5) is 11.1. The van der Waals surface area contributed by atoms with Gasteiger partial charge < -0.3 is 4.57 Å². The number of rotatable bonds is 1. The van der Waals surface area contributed by atoms with Crippen molar-refractivity contribution < 1.29 is 0 Å². The van der Waals surface area contributed by atoms with E-state index in [1.165, 1.54) is 0 Å². The highest BCUT2D eigenvalue weighted by molar-refractivity contribution is 4.81. The van der Waals surface area contributed by atoms with E-state index in [9.17, 15) is 4.79 Å². The van der Waals surface area contributed by atoms with E-state index in [0.29, 0.717) is 0 Å². The summed E-state index contributed by atoms with van der Waals surface area (Å²) >= 11 is 0. The van der Waals surface area contributed by atoms with Gasteiger partial charge in [-0.2, -0.15) is 0 Å². The molecule has 0 saturated heterocycles. The fourth-order valence-corrected chi connectivity index (χ4v) is 0.874. The minimum atomic E-state index is 0.0509. The molecule has 0 N–H and O–H groups in total. The van der Waals surface area contributed by atoms with Gasteiger partial charge in [0.2, 0.25) is 0 Å². The highest BCUT2D eigenvalue weighted by Crippen LogP contribution is 1.97. The largest absolute Gasteiger partial charge is 0.328 e. The molecule has 0 aliphatic heterocycles. The SMILES string of the molecule is CC(C)n1ccn(C)c1=O. The van der Waals surface area contributed by atoms with Crippen molar-refractivity contribution in [3.05, 3.63) is 22.9 Å². The fourth-order valence-electron chi connectivity index (χ4n) is 0.874. The molecule has 0 spiro atoms. The minimum Gasteiger partial charge on any atom is -0.302 e. The standard InChI is InChI=1S/C7H12N2O/c1-6(2)9-5-4-8(3)7(9)10/h4-6H,1-3H3. The van der Waals surface area contributed by atoms with E-state index in [1.807, 2.05) is 13.8 Å². The number of nitrogens with zero attached hydrogens (tertiary/aromatic N) is 2. The second-order valence-corrected chi connectivity index (χ2v) is 2.69. The lowest BCUT2D eigenvalue weighted by atomic mass is 10.4. The molecule has 56 valence electrons. The average molecular weight is 140 g/mol. The zero-order chi connectivity index (χ0) is 7.72. The van der Waals surface area contributed by atoms with Crippen molar-refractivity contribution in [3.8, 4) is 0 Å². The Hall–Kier alpha value is -0.990. The van der Waals surface area contributed by atoms with Crippen LogP contribution in [-0.4, -0.2) is 9.13 Å². The maximum atomic E-state index is 11.1. The molecule has 1 heterocycles. The van der Waals surface area contributed by atoms with Crippen LogP contribution in [0, 0.1) is 0 Å². The van der Waals surface area contributed by atoms with Crippen LogP contribution in [0.25, 0.3) is 0 Å². The maximum absolute atomic E-state index is 11.1. The zero-order valence-corrected chi connectivity index (χ0v) is 6.53. The molecule has 1 aromatic rings. The van der Waals surface area contributed by atoms with Crippen molar-refractivity contribution >= 4 is 0 Å². The predicted molar refractivity (Wildman–Crippen MR) is 40.1 cm³/mol. The predicted octanol–water partition coefficient (Wildman–Crippen LogP) is 0.768. The Labute approximate surface area is 59.9 Å². The molecular weight excluding hydrogens is 128 g/mol. The molecule has 0 aliphatic carbocycles. The maximum Gasteiger partial charge on any atom is 0.328 e. The van der Waals surface area contributed by atoms with Crippen molar-refractivity contribution in [1.82, 2.24) is 9.13 Å². The van der Waals surface area contributed by atoms with Crippen molar-refractivity contribution in [2.75, 3.05) is 0 Å². The molecule has 1 aromatic heterocycles. The van der Waals surface area contributed by atoms with Gasteiger partial charge in [-0.05, 0) is 13.8 Å². The third kappa shape index (κ3) is 0.988. The van der Waals surface area contributed by atoms with Crippen LogP contribution in [0.15, 0.2) is 17.2 Å². The van der Waals surface area contributed by atoms with Gasteiger partial charge in [0, 0.05) is 25.5 Å². The molecule has 0 aromatic carbocycles. The van der Waals surface area contributed by atoms with Crippen LogP contribution >= 0.6 is 0 Å². The Morgan fingerprint density at radius 1 is 1.40 bits per heavy atom. The molecule has 0 saturated carbocycles. The molecule has 0 unspecified atom stereocenters. The summed E-state index contributed by atoms with van der Waals surface area (Å²) in [7, 11) is 1.75. The number of hydrogen-bond acceptors (Lipinski definition) is 1. The minimum absolute atomic E-state index is 0.0509. The topological polar surface area (TPSA) is 26.9 Å². The summed E-state index contributed by atoms with van der Waals surface area (Å²) in [6, 6.07) is 0.258. The molecule has 10 heavy (non-hydrogen) atoms. The van der Waals surface area contributed by atoms with Crippen molar-refractivity contribution in [2.45, 2.75) is 19.9 Å². The third-order valence-electron chi connectivity index (χ3n) is 1.53. The molecular formula is C7H12N2O. The first-order chi connectivity index (χ1) is 4.63. The van der Waals surface area contributed by atoms with Gasteiger partial charge in [-0.25, -0.2) is 4.79 Å². The molecule has 0 bridgehead atoms. The van der Waals surface area contributed by atoms with E-state index in [0.717, 1.165) is 0 Å². The monoisotopic (exact) mass is 140 g/mol. The lowest BCUT2D eigenvalue weighted by molar-refractivity contribution is 0.567. The highest BCUT2D eigenvalue weighted by Gasteiger charge is 2.01. The van der Waals surface area contributed by atoms with E-state index in [1.54, 1.807) is 28.6 Å². The van der Waals surface area contributed by atoms with E-state index >= 15 is 0 Å². The first kappa shape index (κ1) is 7.12. The number of hydrogen-bond donors (Lipinski definition) is 0. The Balaban J connectivity index is 3.18. The Morgan fingerprint density at radius 2 is 2.00 bits per heavy atom. The summed E-state index contributed by atoms with van der Waals surface area (Å²) in [6.07, 6.45) is 3.56. The number of aryl methyl sites for hydroxylation is 1. The van der Waals surface area contributed by atoms with Gasteiger partial charge in [0.25, 0.3) is 0 Å². The van der Waals surface area contributed by atoms with Crippen LogP contribution in [0.2, 0.25) is 0 Å². The molecule has 3 nitrogen and oxygen atoms in total. The second kappa shape index (κ2) is 2.33. The van der Waals surface area contributed by atoms with E-state index in [-0.39, 0.29) is 11.7 Å². The van der Waals surface area contributed by atoms with Gasteiger partial charge in [-0.3, -0.25) is 4.57 Å². The van der Waals surface area contributed by atoms with Crippen LogP contribution < -0.4 is 5.69 Å². The van der Waals surface area contributed by atoms with Gasteiger partial charge in [0.15, 0.2) is 0 Å². The quantitative estimate of drug-likeness (QED) is 0.566. The van der Waals surface area contributed by atoms with Crippen molar-refractivity contribution in [1.29, 1.82) is 0 Å². The lowest BCUT2D eigenvalue weighted by Gasteiger charge is -2.02. The number of imidazole rings is 1. The van der Waals surface area contributed by atoms with E-state index < -0.39 is 0 Å². The van der Waals surface area contributed by atoms with Gasteiger partial charge in [0.1, 0.15) is 0 Å². The van der Waals surface area contributed by atoms with Gasteiger partial charge in [0.05, 0.1) is 0 Å². The first-order valence-corrected chi connectivity index (χ1v) is 3.36. The summed E-state index contributed by atoms with van der Waals surface area (Å²) in [5.74, 6) is 0. The Morgan fingerprint density at radius 3 is 2.20 bits per heavy atom. The molecule has 0 radical (unpaired) electrons. The van der Waals surface area contributed by atoms with Crippen LogP contribution in [0.3, 0.4) is 0 Å². The number of aromatic nitrogens is 2. The van der Waals surface area contributed by atoms with Crippen LogP contribution in [0.4, 0.5) is 0 Å². The van der Waals surface area contributed by atoms with Crippen molar-refractivity contribution in [2.24, 2.45) is 7.05 Å². The van der Waals surface area contributed by atoms with Crippen molar-refractivity contribution in [3.63, 3.8) is 0 Å². The van der Waals surface area contributed by atoms with Gasteiger partial charge in [-0.15, -0.1) is 0 Å². The van der Waals surface area contributed by atoms with Crippen LogP contribution in [-0.2, 0) is 7.05 Å². The van der Waals surface area contributed by atoms with Crippen LogP contribution in [0.5, 0.6) is 0 Å². The molecule has 0 atom stereocenters. The fraction of sp³-hybridized carbons (Fsp3) is 0.571. The smallest absolute Gasteiger partial charge is 0.302 e. The first-order valence-electron chi connectivity index (χ1n) is 3.36. The van der Waals surface area contributed by atoms with E-state index in [2.05, 4.69) is 0 Å². The third-order valence-corrected chi connectivity index (χ3v) is 1.53. The zero-order valence-electron chi connectivity index (χ0n) is 6.53. The van der Waals surface area contributed by atoms with Gasteiger partial charge >= 0.3 is 5.69 Å². The highest BCUT2D eigenvalue weighted by atomic mass is 16.1. The second-order valence-electron chi connectivity index (χ2n) is 2.69. The molecule has 3 heteroatoms. The normalized spacial score (nSPS) is 10.8. The Kier molecular flexibility index (Phi) is 1.66. The molecule has 0 amide bonds. The average Bonchev–Trinajstić information content (AvgIpc) is 2.14.